The number of phenols is 2. The molecule has 0 unspecified atom stereocenters. The van der Waals surface area contributed by atoms with Gasteiger partial charge in [0.05, 0.1) is 11.4 Å². The minimum absolute atomic E-state index is 0.182. The van der Waals surface area contributed by atoms with E-state index in [1.165, 1.54) is 29.5 Å². The Morgan fingerprint density at radius 2 is 1.86 bits per heavy atom. The Labute approximate surface area is 124 Å². The second-order valence-electron chi connectivity index (χ2n) is 4.35. The van der Waals surface area contributed by atoms with Crippen molar-refractivity contribution in [1.29, 1.82) is 0 Å². The van der Waals surface area contributed by atoms with Crippen molar-refractivity contribution in [2.45, 2.75) is 0 Å². The van der Waals surface area contributed by atoms with Gasteiger partial charge in [-0.1, -0.05) is 12.1 Å². The first-order valence-corrected chi connectivity index (χ1v) is 7.01. The van der Waals surface area contributed by atoms with Gasteiger partial charge in [-0.3, -0.25) is 0 Å². The van der Waals surface area contributed by atoms with Gasteiger partial charge in [-0.15, -0.1) is 11.3 Å². The van der Waals surface area contributed by atoms with E-state index in [0.717, 1.165) is 0 Å². The van der Waals surface area contributed by atoms with Crippen LogP contribution in [0.2, 0.25) is 0 Å². The third kappa shape index (κ3) is 2.80. The number of hydrogen-bond acceptors (Lipinski definition) is 5. The fraction of sp³-hybridized carbons (Fsp3) is 0. The summed E-state index contributed by atoms with van der Waals surface area (Å²) in [5.74, 6) is -0.737. The number of benzene rings is 2. The molecule has 21 heavy (non-hydrogen) atoms. The zero-order valence-corrected chi connectivity index (χ0v) is 11.6. The van der Waals surface area contributed by atoms with Crippen LogP contribution in [-0.4, -0.2) is 15.2 Å². The van der Waals surface area contributed by atoms with Crippen LogP contribution in [-0.2, 0) is 0 Å². The first kappa shape index (κ1) is 13.4. The maximum Gasteiger partial charge on any atom is 0.187 e. The van der Waals surface area contributed by atoms with Gasteiger partial charge in [0.2, 0.25) is 0 Å². The van der Waals surface area contributed by atoms with Crippen LogP contribution in [0.25, 0.3) is 11.3 Å². The van der Waals surface area contributed by atoms with Gasteiger partial charge in [-0.2, -0.15) is 0 Å². The van der Waals surface area contributed by atoms with Crippen molar-refractivity contribution in [1.82, 2.24) is 4.98 Å². The standard InChI is InChI=1S/C15H11FN2O2S/c16-10-3-1-2-4-11(10)17-15-18-12(8-21-15)9-5-6-13(19)14(20)7-9/h1-8,19-20H,(H,17,18). The van der Waals surface area contributed by atoms with Gasteiger partial charge in [0.15, 0.2) is 16.6 Å². The number of para-hydroxylation sites is 1. The fourth-order valence-electron chi connectivity index (χ4n) is 1.82. The molecular weight excluding hydrogens is 291 g/mol. The summed E-state index contributed by atoms with van der Waals surface area (Å²) in [5.41, 5.74) is 1.66. The predicted molar refractivity (Wildman–Crippen MR) is 80.6 cm³/mol. The molecule has 2 aromatic carbocycles. The Morgan fingerprint density at radius 3 is 2.62 bits per heavy atom. The van der Waals surface area contributed by atoms with Crippen LogP contribution in [0.3, 0.4) is 0 Å². The summed E-state index contributed by atoms with van der Waals surface area (Å²) in [4.78, 5) is 4.34. The highest BCUT2D eigenvalue weighted by Crippen LogP contribution is 2.32. The maximum atomic E-state index is 13.6. The molecule has 3 aromatic rings. The zero-order chi connectivity index (χ0) is 14.8. The first-order chi connectivity index (χ1) is 10.1. The van der Waals surface area contributed by atoms with Crippen molar-refractivity contribution in [3.05, 3.63) is 53.7 Å². The molecule has 0 spiro atoms. The Hall–Kier alpha value is -2.60. The molecule has 0 atom stereocenters. The minimum atomic E-state index is -0.350. The highest BCUT2D eigenvalue weighted by Gasteiger charge is 2.09. The van der Waals surface area contributed by atoms with Crippen molar-refractivity contribution in [2.75, 3.05) is 5.32 Å². The van der Waals surface area contributed by atoms with E-state index in [4.69, 9.17) is 0 Å². The third-order valence-electron chi connectivity index (χ3n) is 2.89. The van der Waals surface area contributed by atoms with E-state index in [2.05, 4.69) is 10.3 Å². The summed E-state index contributed by atoms with van der Waals surface area (Å²) in [6.07, 6.45) is 0. The average Bonchev–Trinajstić information content (AvgIpc) is 2.93. The van der Waals surface area contributed by atoms with Crippen molar-refractivity contribution in [2.24, 2.45) is 0 Å². The molecular formula is C15H11FN2O2S. The molecule has 0 aliphatic heterocycles. The molecule has 0 amide bonds. The fourth-order valence-corrected chi connectivity index (χ4v) is 2.56. The third-order valence-corrected chi connectivity index (χ3v) is 3.65. The van der Waals surface area contributed by atoms with Crippen LogP contribution in [0, 0.1) is 5.82 Å². The van der Waals surface area contributed by atoms with Crippen LogP contribution in [0.1, 0.15) is 0 Å². The summed E-state index contributed by atoms with van der Waals surface area (Å²) in [6.45, 7) is 0. The second kappa shape index (κ2) is 5.41. The number of rotatable bonds is 3. The summed E-state index contributed by atoms with van der Waals surface area (Å²) in [6, 6.07) is 10.8. The summed E-state index contributed by atoms with van der Waals surface area (Å²) in [7, 11) is 0. The Morgan fingerprint density at radius 1 is 1.05 bits per heavy atom. The molecule has 4 nitrogen and oxygen atoms in total. The number of aromatic nitrogens is 1. The number of nitrogens with zero attached hydrogens (tertiary/aromatic N) is 1. The number of aromatic hydroxyl groups is 2. The quantitative estimate of drug-likeness (QED) is 0.637. The van der Waals surface area contributed by atoms with E-state index in [-0.39, 0.29) is 17.3 Å². The minimum Gasteiger partial charge on any atom is -0.504 e. The van der Waals surface area contributed by atoms with Gasteiger partial charge in [0.25, 0.3) is 0 Å². The molecule has 0 radical (unpaired) electrons. The Balaban J connectivity index is 1.86. The van der Waals surface area contributed by atoms with Crippen molar-refractivity contribution in [3.63, 3.8) is 0 Å². The van der Waals surface area contributed by atoms with E-state index in [1.54, 1.807) is 29.6 Å². The normalized spacial score (nSPS) is 10.5. The number of halogens is 1. The van der Waals surface area contributed by atoms with Gasteiger partial charge >= 0.3 is 0 Å². The Kier molecular flexibility index (Phi) is 3.45. The molecule has 3 N–H and O–H groups in total. The molecule has 3 rings (SSSR count). The lowest BCUT2D eigenvalue weighted by Gasteiger charge is -2.03. The molecule has 0 saturated heterocycles. The molecule has 106 valence electrons. The second-order valence-corrected chi connectivity index (χ2v) is 5.20. The van der Waals surface area contributed by atoms with Gasteiger partial charge in [0.1, 0.15) is 5.82 Å². The highest BCUT2D eigenvalue weighted by atomic mass is 32.1. The zero-order valence-electron chi connectivity index (χ0n) is 10.7. The highest BCUT2D eigenvalue weighted by molar-refractivity contribution is 7.14. The summed E-state index contributed by atoms with van der Waals surface area (Å²) < 4.78 is 13.6. The molecule has 1 aromatic heterocycles. The molecule has 0 aliphatic rings. The molecule has 0 fully saturated rings. The van der Waals surface area contributed by atoms with Crippen LogP contribution in [0.5, 0.6) is 11.5 Å². The molecule has 0 saturated carbocycles. The topological polar surface area (TPSA) is 65.4 Å². The SMILES string of the molecule is Oc1ccc(-c2csc(Nc3ccccc3F)n2)cc1O. The van der Waals surface area contributed by atoms with Gasteiger partial charge < -0.3 is 15.5 Å². The van der Waals surface area contributed by atoms with Crippen LogP contribution < -0.4 is 5.32 Å². The van der Waals surface area contributed by atoms with E-state index >= 15 is 0 Å². The molecule has 0 aliphatic carbocycles. The van der Waals surface area contributed by atoms with E-state index < -0.39 is 0 Å². The van der Waals surface area contributed by atoms with Crippen LogP contribution >= 0.6 is 11.3 Å². The number of nitrogens with one attached hydrogen (secondary N) is 1. The predicted octanol–water partition coefficient (Wildman–Crippen LogP) is 4.10. The van der Waals surface area contributed by atoms with Crippen molar-refractivity contribution < 1.29 is 14.6 Å². The molecule has 6 heteroatoms. The number of anilines is 2. The largest absolute Gasteiger partial charge is 0.504 e. The van der Waals surface area contributed by atoms with Gasteiger partial charge in [-0.05, 0) is 30.3 Å². The van der Waals surface area contributed by atoms with Crippen molar-refractivity contribution >= 4 is 22.2 Å². The van der Waals surface area contributed by atoms with E-state index in [0.29, 0.717) is 22.1 Å². The number of phenolic OH excluding ortho intramolecular Hbond substituents is 2. The smallest absolute Gasteiger partial charge is 0.187 e. The summed E-state index contributed by atoms with van der Waals surface area (Å²) in [5, 5.41) is 24.0. The van der Waals surface area contributed by atoms with Crippen molar-refractivity contribution in [3.8, 4) is 22.8 Å². The monoisotopic (exact) mass is 302 g/mol. The summed E-state index contributed by atoms with van der Waals surface area (Å²) >= 11 is 1.32. The van der Waals surface area contributed by atoms with Gasteiger partial charge in [0, 0.05) is 10.9 Å². The lowest BCUT2D eigenvalue weighted by atomic mass is 10.1. The van der Waals surface area contributed by atoms with Crippen LogP contribution in [0.4, 0.5) is 15.2 Å². The van der Waals surface area contributed by atoms with E-state index in [9.17, 15) is 14.6 Å². The average molecular weight is 302 g/mol. The Bertz CT molecular complexity index is 789. The maximum absolute atomic E-state index is 13.6. The molecule has 0 bridgehead atoms. The number of thiazole rings is 1. The lowest BCUT2D eigenvalue weighted by molar-refractivity contribution is 0.404. The number of hydrogen-bond donors (Lipinski definition) is 3. The van der Waals surface area contributed by atoms with Gasteiger partial charge in [-0.25, -0.2) is 9.37 Å². The lowest BCUT2D eigenvalue weighted by Crippen LogP contribution is -1.92. The van der Waals surface area contributed by atoms with E-state index in [1.807, 2.05) is 0 Å². The molecule has 1 heterocycles. The van der Waals surface area contributed by atoms with Crippen LogP contribution in [0.15, 0.2) is 47.8 Å². The first-order valence-electron chi connectivity index (χ1n) is 6.13.